The van der Waals surface area contributed by atoms with Crippen LogP contribution < -0.4 is 5.32 Å². The molecule has 116 valence electrons. The van der Waals surface area contributed by atoms with E-state index in [-0.39, 0.29) is 0 Å². The number of nitriles is 3. The lowest BCUT2D eigenvalue weighted by molar-refractivity contribution is 0.910. The lowest BCUT2D eigenvalue weighted by Crippen LogP contribution is -1.98. The van der Waals surface area contributed by atoms with Crippen LogP contribution in [0.1, 0.15) is 24.6 Å². The molecule has 1 aromatic heterocycles. The Balaban J connectivity index is 0.000000816. The maximum absolute atomic E-state index is 9.01. The Labute approximate surface area is 144 Å². The van der Waals surface area contributed by atoms with E-state index in [2.05, 4.69) is 40.3 Å². The molecule has 0 saturated heterocycles. The van der Waals surface area contributed by atoms with E-state index in [0.717, 1.165) is 35.3 Å². The summed E-state index contributed by atoms with van der Waals surface area (Å²) < 4.78 is 1.88. The van der Waals surface area contributed by atoms with Gasteiger partial charge in [0, 0.05) is 28.7 Å². The number of hydrogen-bond acceptors (Lipinski definition) is 4. The minimum absolute atomic E-state index is 0.635. The fourth-order valence-electron chi connectivity index (χ4n) is 2.32. The van der Waals surface area contributed by atoms with E-state index in [1.807, 2.05) is 42.1 Å². The van der Waals surface area contributed by atoms with Gasteiger partial charge in [0.25, 0.3) is 0 Å². The summed E-state index contributed by atoms with van der Waals surface area (Å²) in [7, 11) is 1.88. The zero-order valence-electron chi connectivity index (χ0n) is 13.0. The number of hydrogen-bond donors (Lipinski definition) is 1. The van der Waals surface area contributed by atoms with Crippen LogP contribution in [0.2, 0.25) is 0 Å². The van der Waals surface area contributed by atoms with Gasteiger partial charge < -0.3 is 4.57 Å². The van der Waals surface area contributed by atoms with E-state index in [4.69, 9.17) is 15.8 Å². The van der Waals surface area contributed by atoms with Gasteiger partial charge >= 0.3 is 0 Å². The first-order valence-corrected chi connectivity index (χ1v) is 7.76. The molecule has 0 radical (unpaired) electrons. The van der Waals surface area contributed by atoms with Gasteiger partial charge in [0.1, 0.15) is 16.7 Å². The normalized spacial score (nSPS) is 8.87. The molecule has 0 aliphatic heterocycles. The summed E-state index contributed by atoms with van der Waals surface area (Å²) in [6.45, 7) is 2.11. The summed E-state index contributed by atoms with van der Waals surface area (Å²) in [4.78, 5) is 1.56. The smallest absolute Gasteiger partial charge is 0.181 e. The van der Waals surface area contributed by atoms with E-state index in [0.29, 0.717) is 5.69 Å². The zero-order valence-corrected chi connectivity index (χ0v) is 14.6. The van der Waals surface area contributed by atoms with Gasteiger partial charge in [0.15, 0.2) is 6.19 Å². The van der Waals surface area contributed by atoms with E-state index in [9.17, 15) is 0 Å². The molecule has 23 heavy (non-hydrogen) atoms. The van der Waals surface area contributed by atoms with Crippen LogP contribution in [0.15, 0.2) is 30.3 Å². The third kappa shape index (κ3) is 4.61. The Morgan fingerprint density at radius 3 is 2.39 bits per heavy atom. The molecule has 0 fully saturated rings. The quantitative estimate of drug-likeness (QED) is 0.643. The molecule has 0 aliphatic carbocycles. The van der Waals surface area contributed by atoms with Crippen LogP contribution >= 0.6 is 15.9 Å². The highest BCUT2D eigenvalue weighted by molar-refractivity contribution is 9.12. The van der Waals surface area contributed by atoms with Crippen LogP contribution in [0.3, 0.4) is 0 Å². The van der Waals surface area contributed by atoms with Crippen LogP contribution in [0, 0.1) is 33.0 Å². The lowest BCUT2D eigenvalue weighted by Gasteiger charge is -2.11. The lowest BCUT2D eigenvalue weighted by atomic mass is 10.0. The third-order valence-electron chi connectivity index (χ3n) is 3.35. The molecule has 1 aromatic carbocycles. The van der Waals surface area contributed by atoms with Crippen LogP contribution in [0.4, 0.5) is 5.69 Å². The van der Waals surface area contributed by atoms with Gasteiger partial charge in [-0.2, -0.15) is 15.8 Å². The molecule has 0 amide bonds. The molecule has 1 N–H and O–H groups in total. The van der Waals surface area contributed by atoms with Gasteiger partial charge in [-0.1, -0.05) is 19.4 Å². The summed E-state index contributed by atoms with van der Waals surface area (Å²) in [5, 5.41) is 27.7. The standard InChI is InChI=1S/C16H16N4.CBrN/c1-3-4-12-9-13(5-7-15(12)19-11-18)16-8-6-14(10-17)20(16)2;2-1-3/h5-9,19H,3-4H2,1-2H3;. The van der Waals surface area contributed by atoms with Gasteiger partial charge in [-0.05, 0) is 41.8 Å². The number of aryl methyl sites for hydroxylation is 1. The first kappa shape index (κ1) is 18.3. The monoisotopic (exact) mass is 369 g/mol. The Morgan fingerprint density at radius 1 is 1.17 bits per heavy atom. The average Bonchev–Trinajstić information content (AvgIpc) is 2.91. The Bertz CT molecular complexity index is 787. The van der Waals surface area contributed by atoms with Gasteiger partial charge in [-0.25, -0.2) is 0 Å². The molecule has 1 heterocycles. The predicted octanol–water partition coefficient (Wildman–Crippen LogP) is 4.27. The van der Waals surface area contributed by atoms with Crippen molar-refractivity contribution < 1.29 is 0 Å². The molecule has 0 atom stereocenters. The second kappa shape index (κ2) is 9.30. The largest absolute Gasteiger partial charge is 0.335 e. The summed E-state index contributed by atoms with van der Waals surface area (Å²) in [5.74, 6) is 0. The first-order chi connectivity index (χ1) is 11.1. The molecule has 0 aliphatic rings. The van der Waals surface area contributed by atoms with Gasteiger partial charge in [-0.15, -0.1) is 0 Å². The van der Waals surface area contributed by atoms with Crippen molar-refractivity contribution in [2.24, 2.45) is 7.05 Å². The van der Waals surface area contributed by atoms with Crippen molar-refractivity contribution in [3.8, 4) is 28.5 Å². The third-order valence-corrected chi connectivity index (χ3v) is 3.35. The van der Waals surface area contributed by atoms with Crippen molar-refractivity contribution in [1.29, 1.82) is 15.8 Å². The second-order valence-corrected chi connectivity index (χ2v) is 5.07. The van der Waals surface area contributed by atoms with Crippen LogP contribution in [0.25, 0.3) is 11.3 Å². The molecule has 2 rings (SSSR count). The van der Waals surface area contributed by atoms with Crippen molar-refractivity contribution in [1.82, 2.24) is 4.57 Å². The number of anilines is 1. The summed E-state index contributed by atoms with van der Waals surface area (Å²) in [6.07, 6.45) is 3.89. The summed E-state index contributed by atoms with van der Waals surface area (Å²) in [6, 6.07) is 11.9. The highest BCUT2D eigenvalue weighted by Gasteiger charge is 2.09. The number of nitrogens with one attached hydrogen (secondary N) is 1. The van der Waals surface area contributed by atoms with Crippen LogP contribution in [-0.4, -0.2) is 4.57 Å². The van der Waals surface area contributed by atoms with Gasteiger partial charge in [-0.3, -0.25) is 5.32 Å². The number of benzene rings is 1. The highest BCUT2D eigenvalue weighted by atomic mass is 79.9. The Morgan fingerprint density at radius 2 is 1.87 bits per heavy atom. The molecular weight excluding hydrogens is 354 g/mol. The molecule has 0 saturated carbocycles. The molecular formula is C17H16BrN5. The molecule has 6 heteroatoms. The highest BCUT2D eigenvalue weighted by Crippen LogP contribution is 2.27. The van der Waals surface area contributed by atoms with Crippen molar-refractivity contribution in [2.45, 2.75) is 19.8 Å². The van der Waals surface area contributed by atoms with Crippen molar-refractivity contribution >= 4 is 21.6 Å². The van der Waals surface area contributed by atoms with Crippen molar-refractivity contribution in [3.05, 3.63) is 41.6 Å². The van der Waals surface area contributed by atoms with Gasteiger partial charge in [0.05, 0.1) is 5.69 Å². The molecule has 0 spiro atoms. The van der Waals surface area contributed by atoms with Crippen molar-refractivity contribution in [3.63, 3.8) is 0 Å². The van der Waals surface area contributed by atoms with E-state index >= 15 is 0 Å². The minimum atomic E-state index is 0.635. The molecule has 2 aromatic rings. The summed E-state index contributed by atoms with van der Waals surface area (Å²) >= 11 is 2.45. The molecule has 0 unspecified atom stereocenters. The number of nitrogens with zero attached hydrogens (tertiary/aromatic N) is 4. The minimum Gasteiger partial charge on any atom is -0.335 e. The maximum Gasteiger partial charge on any atom is 0.181 e. The summed E-state index contributed by atoms with van der Waals surface area (Å²) in [5.41, 5.74) is 4.67. The van der Waals surface area contributed by atoms with E-state index < -0.39 is 0 Å². The maximum atomic E-state index is 9.01. The van der Waals surface area contributed by atoms with Crippen molar-refractivity contribution in [2.75, 3.05) is 5.32 Å². The SMILES string of the molecule is CCCc1cc(-c2ccc(C#N)n2C)ccc1NC#N.N#CBr. The zero-order chi connectivity index (χ0) is 17.2. The van der Waals surface area contributed by atoms with Gasteiger partial charge in [0.2, 0.25) is 0 Å². The number of rotatable bonds is 4. The van der Waals surface area contributed by atoms with Crippen LogP contribution in [0.5, 0.6) is 0 Å². The Hall–Kier alpha value is -2.75. The van der Waals surface area contributed by atoms with E-state index in [1.165, 1.54) is 0 Å². The van der Waals surface area contributed by atoms with E-state index in [1.54, 1.807) is 4.98 Å². The number of aromatic nitrogens is 1. The first-order valence-electron chi connectivity index (χ1n) is 6.96. The Kier molecular flexibility index (Phi) is 7.40. The topological polar surface area (TPSA) is 88.3 Å². The number of halogens is 1. The predicted molar refractivity (Wildman–Crippen MR) is 93.3 cm³/mol. The fourth-order valence-corrected chi connectivity index (χ4v) is 2.32. The fraction of sp³-hybridized carbons (Fsp3) is 0.235. The molecule has 0 bridgehead atoms. The average molecular weight is 370 g/mol. The van der Waals surface area contributed by atoms with Crippen LogP contribution in [-0.2, 0) is 13.5 Å². The second-order valence-electron chi connectivity index (χ2n) is 4.72. The molecule has 5 nitrogen and oxygen atoms in total.